The largest absolute Gasteiger partial charge is 0.494 e. The van der Waals surface area contributed by atoms with Crippen LogP contribution >= 0.6 is 11.6 Å². The molecule has 0 aliphatic rings. The normalized spacial score (nSPS) is 12.0. The lowest BCUT2D eigenvalue weighted by molar-refractivity contribution is 0.386. The van der Waals surface area contributed by atoms with Gasteiger partial charge in [0.1, 0.15) is 0 Å². The molecular weight excluding hydrogens is 291 g/mol. The molecule has 0 heterocycles. The maximum absolute atomic E-state index is 13.4. The van der Waals surface area contributed by atoms with E-state index in [-0.39, 0.29) is 11.8 Å². The van der Waals surface area contributed by atoms with E-state index in [9.17, 15) is 4.39 Å². The first-order valence-corrected chi connectivity index (χ1v) is 6.99. The van der Waals surface area contributed by atoms with Gasteiger partial charge in [-0.3, -0.25) is 0 Å². The van der Waals surface area contributed by atoms with E-state index in [1.165, 1.54) is 13.2 Å². The molecule has 0 aromatic heterocycles. The van der Waals surface area contributed by atoms with Gasteiger partial charge in [-0.15, -0.1) is 0 Å². The molecule has 0 aliphatic heterocycles. The van der Waals surface area contributed by atoms with E-state index in [2.05, 4.69) is 5.32 Å². The number of hydrogen-bond acceptors (Lipinski definition) is 3. The first-order chi connectivity index (χ1) is 10.0. The summed E-state index contributed by atoms with van der Waals surface area (Å²) in [4.78, 5) is 0. The number of methoxy groups -OCH3 is 1. The molecule has 5 heteroatoms. The molecule has 0 bridgehead atoms. The number of ether oxygens (including phenoxy) is 1. The molecule has 0 saturated carbocycles. The number of hydrogen-bond donors (Lipinski definition) is 2. The van der Waals surface area contributed by atoms with Crippen molar-refractivity contribution in [3.8, 4) is 5.75 Å². The smallest absolute Gasteiger partial charge is 0.165 e. The number of aryl methyl sites for hydroxylation is 1. The van der Waals surface area contributed by atoms with Gasteiger partial charge in [-0.2, -0.15) is 0 Å². The highest BCUT2D eigenvalue weighted by Gasteiger charge is 2.12. The van der Waals surface area contributed by atoms with E-state index < -0.39 is 5.82 Å². The van der Waals surface area contributed by atoms with Gasteiger partial charge in [0.05, 0.1) is 13.2 Å². The third-order valence-corrected chi connectivity index (χ3v) is 3.73. The minimum absolute atomic E-state index is 0.113. The Bertz CT molecular complexity index is 634. The van der Waals surface area contributed by atoms with Gasteiger partial charge in [-0.1, -0.05) is 23.7 Å². The summed E-state index contributed by atoms with van der Waals surface area (Å²) in [6, 6.07) is 10.3. The van der Waals surface area contributed by atoms with Crippen LogP contribution in [0.15, 0.2) is 36.4 Å². The number of benzene rings is 2. The van der Waals surface area contributed by atoms with Crippen molar-refractivity contribution in [2.75, 3.05) is 19.0 Å². The highest BCUT2D eigenvalue weighted by molar-refractivity contribution is 6.31. The fourth-order valence-electron chi connectivity index (χ4n) is 2.05. The molecule has 1 unspecified atom stereocenters. The SMILES string of the molecule is COc1cc(NC(CN)c2ccc(C)c(Cl)c2)ccc1F. The van der Waals surface area contributed by atoms with Crippen LogP contribution in [0.2, 0.25) is 5.02 Å². The highest BCUT2D eigenvalue weighted by atomic mass is 35.5. The molecular formula is C16H18ClFN2O. The summed E-state index contributed by atoms with van der Waals surface area (Å²) in [5.41, 5.74) is 8.56. The van der Waals surface area contributed by atoms with Crippen molar-refractivity contribution in [1.29, 1.82) is 0 Å². The molecule has 0 fully saturated rings. The number of anilines is 1. The van der Waals surface area contributed by atoms with Gasteiger partial charge in [-0.25, -0.2) is 4.39 Å². The molecule has 2 rings (SSSR count). The van der Waals surface area contributed by atoms with Gasteiger partial charge in [0.15, 0.2) is 11.6 Å². The third-order valence-electron chi connectivity index (χ3n) is 3.33. The first-order valence-electron chi connectivity index (χ1n) is 6.61. The number of rotatable bonds is 5. The minimum Gasteiger partial charge on any atom is -0.494 e. The Morgan fingerprint density at radius 2 is 2.05 bits per heavy atom. The van der Waals surface area contributed by atoms with Crippen molar-refractivity contribution >= 4 is 17.3 Å². The van der Waals surface area contributed by atoms with E-state index in [0.717, 1.165) is 16.8 Å². The Hall–Kier alpha value is -1.78. The maximum atomic E-state index is 13.4. The fraction of sp³-hybridized carbons (Fsp3) is 0.250. The van der Waals surface area contributed by atoms with Crippen LogP contribution in [0.5, 0.6) is 5.75 Å². The van der Waals surface area contributed by atoms with Gasteiger partial charge in [-0.05, 0) is 36.2 Å². The third kappa shape index (κ3) is 3.65. The molecule has 2 aromatic carbocycles. The standard InChI is InChI=1S/C16H18ClFN2O/c1-10-3-4-11(7-13(10)17)15(9-19)20-12-5-6-14(18)16(8-12)21-2/h3-8,15,20H,9,19H2,1-2H3. The first kappa shape index (κ1) is 15.6. The van der Waals surface area contributed by atoms with Crippen LogP contribution in [0.1, 0.15) is 17.2 Å². The topological polar surface area (TPSA) is 47.3 Å². The average molecular weight is 309 g/mol. The second-order valence-corrected chi connectivity index (χ2v) is 5.20. The zero-order valence-electron chi connectivity index (χ0n) is 12.0. The molecule has 0 radical (unpaired) electrons. The summed E-state index contributed by atoms with van der Waals surface area (Å²) in [7, 11) is 1.43. The van der Waals surface area contributed by atoms with Crippen LogP contribution < -0.4 is 15.8 Å². The summed E-state index contributed by atoms with van der Waals surface area (Å²) >= 11 is 6.15. The van der Waals surface area contributed by atoms with Crippen molar-refractivity contribution in [2.24, 2.45) is 5.73 Å². The summed E-state index contributed by atoms with van der Waals surface area (Å²) in [5.74, 6) is -0.205. The number of nitrogens with two attached hydrogens (primary N) is 1. The van der Waals surface area contributed by atoms with E-state index in [0.29, 0.717) is 11.6 Å². The van der Waals surface area contributed by atoms with Gasteiger partial charge >= 0.3 is 0 Å². The molecule has 3 nitrogen and oxygen atoms in total. The fourth-order valence-corrected chi connectivity index (χ4v) is 2.24. The molecule has 0 spiro atoms. The lowest BCUT2D eigenvalue weighted by atomic mass is 10.0. The Morgan fingerprint density at radius 3 is 2.67 bits per heavy atom. The van der Waals surface area contributed by atoms with Crippen LogP contribution in [0, 0.1) is 12.7 Å². The molecule has 1 atom stereocenters. The lowest BCUT2D eigenvalue weighted by Crippen LogP contribution is -2.20. The summed E-state index contributed by atoms with van der Waals surface area (Å²) < 4.78 is 18.4. The monoisotopic (exact) mass is 308 g/mol. The van der Waals surface area contributed by atoms with Crippen molar-refractivity contribution in [3.05, 3.63) is 58.4 Å². The zero-order chi connectivity index (χ0) is 15.4. The zero-order valence-corrected chi connectivity index (χ0v) is 12.7. The van der Waals surface area contributed by atoms with Crippen molar-refractivity contribution in [3.63, 3.8) is 0 Å². The van der Waals surface area contributed by atoms with E-state index in [1.54, 1.807) is 12.1 Å². The summed E-state index contributed by atoms with van der Waals surface area (Å²) in [5, 5.41) is 3.96. The Labute approximate surface area is 128 Å². The molecule has 0 aliphatic carbocycles. The van der Waals surface area contributed by atoms with Crippen molar-refractivity contribution < 1.29 is 9.13 Å². The predicted octanol–water partition coefficient (Wildman–Crippen LogP) is 3.91. The van der Waals surface area contributed by atoms with Crippen molar-refractivity contribution in [1.82, 2.24) is 0 Å². The van der Waals surface area contributed by atoms with Crippen molar-refractivity contribution in [2.45, 2.75) is 13.0 Å². The van der Waals surface area contributed by atoms with Gasteiger partial charge in [0.2, 0.25) is 0 Å². The Balaban J connectivity index is 2.24. The Morgan fingerprint density at radius 1 is 1.29 bits per heavy atom. The quantitative estimate of drug-likeness (QED) is 0.880. The molecule has 21 heavy (non-hydrogen) atoms. The van der Waals surface area contributed by atoms with Crippen LogP contribution in [0.3, 0.4) is 0 Å². The van der Waals surface area contributed by atoms with E-state index in [4.69, 9.17) is 22.1 Å². The second-order valence-electron chi connectivity index (χ2n) is 4.79. The van der Waals surface area contributed by atoms with E-state index in [1.807, 2.05) is 25.1 Å². The Kier molecular flexibility index (Phi) is 5.04. The highest BCUT2D eigenvalue weighted by Crippen LogP contribution is 2.27. The molecule has 3 N–H and O–H groups in total. The van der Waals surface area contributed by atoms with Gasteiger partial charge < -0.3 is 15.8 Å². The van der Waals surface area contributed by atoms with Crippen LogP contribution in [-0.2, 0) is 0 Å². The summed E-state index contributed by atoms with van der Waals surface area (Å²) in [6.07, 6.45) is 0. The number of nitrogens with one attached hydrogen (secondary N) is 1. The van der Waals surface area contributed by atoms with Crippen LogP contribution in [0.4, 0.5) is 10.1 Å². The number of halogens is 2. The lowest BCUT2D eigenvalue weighted by Gasteiger charge is -2.20. The second kappa shape index (κ2) is 6.78. The van der Waals surface area contributed by atoms with Crippen LogP contribution in [0.25, 0.3) is 0 Å². The summed E-state index contributed by atoms with van der Waals surface area (Å²) in [6.45, 7) is 2.33. The average Bonchev–Trinajstić information content (AvgIpc) is 2.49. The molecule has 112 valence electrons. The molecule has 2 aromatic rings. The predicted molar refractivity (Wildman–Crippen MR) is 84.6 cm³/mol. The molecule has 0 amide bonds. The van der Waals surface area contributed by atoms with Gasteiger partial charge in [0.25, 0.3) is 0 Å². The van der Waals surface area contributed by atoms with Gasteiger partial charge in [0, 0.05) is 23.3 Å². The van der Waals surface area contributed by atoms with Crippen LogP contribution in [-0.4, -0.2) is 13.7 Å². The van der Waals surface area contributed by atoms with E-state index >= 15 is 0 Å². The maximum Gasteiger partial charge on any atom is 0.165 e. The molecule has 0 saturated heterocycles. The minimum atomic E-state index is -0.397.